The van der Waals surface area contributed by atoms with Crippen molar-refractivity contribution in [3.05, 3.63) is 30.3 Å². The van der Waals surface area contributed by atoms with E-state index in [0.29, 0.717) is 21.1 Å². The van der Waals surface area contributed by atoms with E-state index >= 15 is 0 Å². The molecule has 0 amide bonds. The van der Waals surface area contributed by atoms with Crippen LogP contribution in [0.15, 0.2) is 30.3 Å². The fourth-order valence-electron chi connectivity index (χ4n) is 1.78. The minimum absolute atomic E-state index is 0.276. The average Bonchev–Trinajstić information content (AvgIpc) is 2.66. The number of hydrogen-bond acceptors (Lipinski definition) is 3. The first-order valence-electron chi connectivity index (χ1n) is 5.59. The standard InChI is InChI=1S/C12H17O3PSe/c1-12(8-9-16(13,14-2)15-12)10-17-11-6-4-3-5-7-11/h3-7H,8-10H2,1-2H3/t12-,16?/m0/s1. The van der Waals surface area contributed by atoms with Crippen LogP contribution in [0.2, 0.25) is 5.32 Å². The third-order valence-corrected chi connectivity index (χ3v) is 7.74. The van der Waals surface area contributed by atoms with E-state index in [4.69, 9.17) is 9.05 Å². The SMILES string of the molecule is CO[P+]1([O-])CC[C@@](C)(C[Se]c2ccccc2)O1. The molecule has 1 aromatic carbocycles. The summed E-state index contributed by atoms with van der Waals surface area (Å²) in [6.07, 6.45) is 1.37. The predicted octanol–water partition coefficient (Wildman–Crippen LogP) is 1.38. The maximum atomic E-state index is 12.0. The molecule has 1 aromatic rings. The van der Waals surface area contributed by atoms with E-state index in [9.17, 15) is 4.89 Å². The number of benzene rings is 1. The molecule has 5 heteroatoms. The molecule has 0 aliphatic carbocycles. The van der Waals surface area contributed by atoms with Gasteiger partial charge in [0.15, 0.2) is 0 Å². The molecule has 3 nitrogen and oxygen atoms in total. The Hall–Kier alpha value is 0.0495. The van der Waals surface area contributed by atoms with E-state index in [1.165, 1.54) is 11.6 Å². The fraction of sp³-hybridized carbons (Fsp3) is 0.500. The molecule has 1 fully saturated rings. The molecule has 0 aromatic heterocycles. The topological polar surface area (TPSA) is 41.5 Å². The summed E-state index contributed by atoms with van der Waals surface area (Å²) in [7, 11) is -1.32. The Kier molecular flexibility index (Phi) is 4.25. The van der Waals surface area contributed by atoms with Crippen LogP contribution < -0.4 is 9.36 Å². The summed E-state index contributed by atoms with van der Waals surface area (Å²) in [5.41, 5.74) is -0.276. The van der Waals surface area contributed by atoms with Gasteiger partial charge in [0.05, 0.1) is 0 Å². The molecule has 1 heterocycles. The second-order valence-electron chi connectivity index (χ2n) is 4.41. The molecule has 17 heavy (non-hydrogen) atoms. The van der Waals surface area contributed by atoms with E-state index in [1.807, 2.05) is 13.0 Å². The predicted molar refractivity (Wildman–Crippen MR) is 69.5 cm³/mol. The Labute approximate surface area is 109 Å². The van der Waals surface area contributed by atoms with Crippen LogP contribution in [0, 0.1) is 0 Å². The van der Waals surface area contributed by atoms with Crippen LogP contribution in [0.1, 0.15) is 13.3 Å². The summed E-state index contributed by atoms with van der Waals surface area (Å²) < 4.78 is 12.0. The van der Waals surface area contributed by atoms with Crippen LogP contribution in [0.25, 0.3) is 0 Å². The first-order chi connectivity index (χ1) is 8.05. The van der Waals surface area contributed by atoms with Crippen molar-refractivity contribution >= 4 is 27.4 Å². The van der Waals surface area contributed by atoms with E-state index < -0.39 is 7.94 Å². The summed E-state index contributed by atoms with van der Waals surface area (Å²) in [6, 6.07) is 10.4. The molecule has 1 aliphatic heterocycles. The van der Waals surface area contributed by atoms with Gasteiger partial charge in [0.2, 0.25) is 0 Å². The summed E-state index contributed by atoms with van der Waals surface area (Å²) in [4.78, 5) is 12.0. The third-order valence-electron chi connectivity index (χ3n) is 2.84. The van der Waals surface area contributed by atoms with Crippen LogP contribution in [0.5, 0.6) is 0 Å². The van der Waals surface area contributed by atoms with Gasteiger partial charge in [-0.2, -0.15) is 0 Å². The zero-order valence-corrected chi connectivity index (χ0v) is 12.7. The summed E-state index contributed by atoms with van der Waals surface area (Å²) >= 11 is 0.360. The number of rotatable bonds is 4. The van der Waals surface area contributed by atoms with Gasteiger partial charge in [0, 0.05) is 0 Å². The Morgan fingerprint density at radius 1 is 1.47 bits per heavy atom. The number of hydrogen-bond donors (Lipinski definition) is 0. The Bertz CT molecular complexity index is 375. The van der Waals surface area contributed by atoms with Gasteiger partial charge < -0.3 is 0 Å². The zero-order chi connectivity index (χ0) is 12.4. The molecule has 1 aliphatic rings. The molecule has 0 bridgehead atoms. The first kappa shape index (κ1) is 13.5. The quantitative estimate of drug-likeness (QED) is 0.622. The van der Waals surface area contributed by atoms with Gasteiger partial charge in [-0.1, -0.05) is 0 Å². The zero-order valence-electron chi connectivity index (χ0n) is 10.1. The van der Waals surface area contributed by atoms with E-state index in [-0.39, 0.29) is 5.60 Å². The molecule has 2 rings (SSSR count). The Morgan fingerprint density at radius 3 is 2.76 bits per heavy atom. The molecule has 94 valence electrons. The Balaban J connectivity index is 1.92. The summed E-state index contributed by atoms with van der Waals surface area (Å²) in [5.74, 6) is 0. The molecule has 0 saturated carbocycles. The first-order valence-corrected chi connectivity index (χ1v) is 9.38. The van der Waals surface area contributed by atoms with Crippen molar-refractivity contribution in [2.24, 2.45) is 0 Å². The van der Waals surface area contributed by atoms with Gasteiger partial charge in [-0.05, 0) is 0 Å². The molecule has 0 N–H and O–H groups in total. The van der Waals surface area contributed by atoms with Gasteiger partial charge in [-0.15, -0.1) is 0 Å². The van der Waals surface area contributed by atoms with Gasteiger partial charge in [-0.25, -0.2) is 0 Å². The van der Waals surface area contributed by atoms with Crippen molar-refractivity contribution in [1.82, 2.24) is 0 Å². The molecular formula is C12H17O3PSe. The van der Waals surface area contributed by atoms with Gasteiger partial charge in [0.1, 0.15) is 0 Å². The minimum atomic E-state index is -2.78. The third kappa shape index (κ3) is 3.51. The van der Waals surface area contributed by atoms with Crippen molar-refractivity contribution in [2.75, 3.05) is 13.3 Å². The van der Waals surface area contributed by atoms with Crippen molar-refractivity contribution in [3.8, 4) is 0 Å². The fourth-order valence-corrected chi connectivity index (χ4v) is 6.05. The molecule has 0 radical (unpaired) electrons. The van der Waals surface area contributed by atoms with E-state index in [0.717, 1.165) is 11.7 Å². The second kappa shape index (κ2) is 5.36. The maximum absolute atomic E-state index is 12.0. The van der Waals surface area contributed by atoms with Crippen LogP contribution in [-0.2, 0) is 9.05 Å². The van der Waals surface area contributed by atoms with Crippen molar-refractivity contribution in [1.29, 1.82) is 0 Å². The summed E-state index contributed by atoms with van der Waals surface area (Å²) in [6.45, 7) is 2.04. The van der Waals surface area contributed by atoms with Crippen LogP contribution in [0.4, 0.5) is 0 Å². The van der Waals surface area contributed by atoms with Gasteiger partial charge in [0.25, 0.3) is 0 Å². The van der Waals surface area contributed by atoms with Crippen molar-refractivity contribution in [3.63, 3.8) is 0 Å². The normalized spacial score (nSPS) is 32.9. The second-order valence-corrected chi connectivity index (χ2v) is 8.83. The average molecular weight is 319 g/mol. The molecular weight excluding hydrogens is 302 g/mol. The molecule has 1 unspecified atom stereocenters. The van der Waals surface area contributed by atoms with Crippen LogP contribution in [0.3, 0.4) is 0 Å². The van der Waals surface area contributed by atoms with Crippen LogP contribution in [-0.4, -0.2) is 33.8 Å². The Morgan fingerprint density at radius 2 is 2.18 bits per heavy atom. The van der Waals surface area contributed by atoms with Crippen molar-refractivity contribution in [2.45, 2.75) is 24.3 Å². The van der Waals surface area contributed by atoms with Gasteiger partial charge >= 0.3 is 109 Å². The van der Waals surface area contributed by atoms with E-state index in [1.54, 1.807) is 0 Å². The monoisotopic (exact) mass is 320 g/mol. The summed E-state index contributed by atoms with van der Waals surface area (Å²) in [5, 5.41) is 0.942. The molecule has 2 atom stereocenters. The van der Waals surface area contributed by atoms with Crippen molar-refractivity contribution < 1.29 is 13.9 Å². The molecule has 0 spiro atoms. The molecule has 1 saturated heterocycles. The van der Waals surface area contributed by atoms with Gasteiger partial charge in [-0.3, -0.25) is 0 Å². The van der Waals surface area contributed by atoms with Crippen LogP contribution >= 0.6 is 7.94 Å². The van der Waals surface area contributed by atoms with E-state index in [2.05, 4.69) is 24.3 Å².